The van der Waals surface area contributed by atoms with Crippen LogP contribution in [-0.4, -0.2) is 59.8 Å². The molecule has 0 aromatic heterocycles. The molecule has 0 aliphatic carbocycles. The maximum Gasteiger partial charge on any atom is 0.314 e. The van der Waals surface area contributed by atoms with Crippen LogP contribution < -0.4 is 21.3 Å². The van der Waals surface area contributed by atoms with E-state index < -0.39 is 65.2 Å². The van der Waals surface area contributed by atoms with Gasteiger partial charge in [-0.2, -0.15) is 16.8 Å². The van der Waals surface area contributed by atoms with E-state index in [0.29, 0.717) is 11.1 Å². The van der Waals surface area contributed by atoms with Crippen LogP contribution >= 0.6 is 0 Å². The molecular formula is C38H30N4O12S2. The smallest absolute Gasteiger partial charge is 0.314 e. The molecule has 16 nitrogen and oxygen atoms in total. The van der Waals surface area contributed by atoms with Gasteiger partial charge >= 0.3 is 11.8 Å². The SMILES string of the molecule is Cc1cc(C(=O)Nc2c(O)cc(S(=O)(=O)O)c3ccccc23)ccc1NC(=O)C(=O)Nc1ccc(C(=O)Nc2c(O)cc(S(=O)(=O)O)c3ccccc23)cc1C. The first-order valence-corrected chi connectivity index (χ1v) is 19.1. The van der Waals surface area contributed by atoms with Gasteiger partial charge in [-0.25, -0.2) is 0 Å². The topological polar surface area (TPSA) is 266 Å². The van der Waals surface area contributed by atoms with Crippen molar-refractivity contribution in [1.29, 1.82) is 0 Å². The van der Waals surface area contributed by atoms with Gasteiger partial charge in [0.25, 0.3) is 32.1 Å². The van der Waals surface area contributed by atoms with E-state index in [1.807, 2.05) is 0 Å². The van der Waals surface area contributed by atoms with Crippen molar-refractivity contribution in [2.75, 3.05) is 21.3 Å². The van der Waals surface area contributed by atoms with Gasteiger partial charge in [-0.05, 0) is 61.4 Å². The number of nitrogens with one attached hydrogen (secondary N) is 4. The average Bonchev–Trinajstić information content (AvgIpc) is 3.14. The van der Waals surface area contributed by atoms with E-state index >= 15 is 0 Å². The minimum absolute atomic E-state index is 0.0615. The Hall–Kier alpha value is -6.86. The second-order valence-electron chi connectivity index (χ2n) is 12.5. The first-order valence-electron chi connectivity index (χ1n) is 16.2. The van der Waals surface area contributed by atoms with Crippen molar-refractivity contribution in [2.45, 2.75) is 23.6 Å². The first kappa shape index (κ1) is 38.9. The van der Waals surface area contributed by atoms with Crippen molar-refractivity contribution in [3.8, 4) is 11.5 Å². The number of carbonyl (C=O) groups is 4. The monoisotopic (exact) mass is 798 g/mol. The van der Waals surface area contributed by atoms with Gasteiger partial charge in [0.05, 0.1) is 11.4 Å². The third kappa shape index (κ3) is 7.84. The Labute approximate surface area is 318 Å². The van der Waals surface area contributed by atoms with E-state index in [9.17, 15) is 55.3 Å². The normalized spacial score (nSPS) is 11.6. The second-order valence-corrected chi connectivity index (χ2v) is 15.2. The molecule has 0 saturated carbocycles. The summed E-state index contributed by atoms with van der Waals surface area (Å²) in [6.07, 6.45) is 0. The van der Waals surface area contributed by atoms with Gasteiger partial charge in [0.1, 0.15) is 21.3 Å². The van der Waals surface area contributed by atoms with Crippen LogP contribution in [-0.2, 0) is 29.8 Å². The zero-order valence-corrected chi connectivity index (χ0v) is 30.7. The zero-order valence-electron chi connectivity index (χ0n) is 29.1. The molecule has 0 aliphatic heterocycles. The van der Waals surface area contributed by atoms with Gasteiger partial charge in [-0.15, -0.1) is 0 Å². The lowest BCUT2D eigenvalue weighted by Crippen LogP contribution is -2.29. The lowest BCUT2D eigenvalue weighted by Gasteiger charge is -2.15. The molecule has 18 heteroatoms. The van der Waals surface area contributed by atoms with Crippen molar-refractivity contribution in [3.05, 3.63) is 119 Å². The molecule has 0 aliphatic rings. The quantitative estimate of drug-likeness (QED) is 0.0532. The van der Waals surface area contributed by atoms with Crippen molar-refractivity contribution in [2.24, 2.45) is 0 Å². The Kier molecular flexibility index (Phi) is 10.2. The predicted octanol–water partition coefficient (Wildman–Crippen LogP) is 5.60. The highest BCUT2D eigenvalue weighted by molar-refractivity contribution is 7.86. The maximum atomic E-state index is 13.2. The lowest BCUT2D eigenvalue weighted by atomic mass is 10.1. The summed E-state index contributed by atoms with van der Waals surface area (Å²) in [5, 5.41) is 31.6. The van der Waals surface area contributed by atoms with Crippen LogP contribution in [0, 0.1) is 13.8 Å². The Morgan fingerprint density at radius 2 is 0.821 bits per heavy atom. The summed E-state index contributed by atoms with van der Waals surface area (Å²) in [6.45, 7) is 3.13. The van der Waals surface area contributed by atoms with E-state index in [2.05, 4.69) is 21.3 Å². The van der Waals surface area contributed by atoms with Crippen molar-refractivity contribution >= 4 is 88.2 Å². The summed E-state index contributed by atoms with van der Waals surface area (Å²) >= 11 is 0. The molecule has 0 heterocycles. The van der Waals surface area contributed by atoms with E-state index in [0.717, 1.165) is 12.1 Å². The number of fused-ring (bicyclic) bond motifs is 2. The molecule has 6 rings (SSSR count). The highest BCUT2D eigenvalue weighted by atomic mass is 32.2. The Balaban J connectivity index is 1.12. The molecule has 6 aromatic rings. The number of hydrogen-bond acceptors (Lipinski definition) is 10. The molecule has 6 aromatic carbocycles. The van der Waals surface area contributed by atoms with E-state index in [1.54, 1.807) is 26.0 Å². The molecule has 4 amide bonds. The van der Waals surface area contributed by atoms with Gasteiger partial charge < -0.3 is 31.5 Å². The number of aryl methyl sites for hydroxylation is 2. The summed E-state index contributed by atoms with van der Waals surface area (Å²) in [5.74, 6) is -4.72. The van der Waals surface area contributed by atoms with Crippen LogP contribution in [0.5, 0.6) is 11.5 Å². The molecule has 56 heavy (non-hydrogen) atoms. The van der Waals surface area contributed by atoms with Gasteiger partial charge in [-0.1, -0.05) is 48.5 Å². The summed E-state index contributed by atoms with van der Waals surface area (Å²) in [6, 6.07) is 21.8. The fourth-order valence-electron chi connectivity index (χ4n) is 5.97. The Morgan fingerprint density at radius 3 is 1.14 bits per heavy atom. The summed E-state index contributed by atoms with van der Waals surface area (Å²) in [5.41, 5.74) is 1.12. The van der Waals surface area contributed by atoms with Gasteiger partial charge in [0.15, 0.2) is 0 Å². The van der Waals surface area contributed by atoms with Crippen molar-refractivity contribution in [3.63, 3.8) is 0 Å². The maximum absolute atomic E-state index is 13.2. The minimum atomic E-state index is -4.70. The standard InChI is InChI=1S/C38H30N4O12S2/c1-19-15-21(35(45)41-33-25-9-5-3-7-23(25)31(17-29(33)43)55(49,50)51)11-13-27(19)39-37(47)38(48)40-28-14-12-22(16-20(28)2)36(46)42-34-26-10-6-4-8-24(26)32(18-30(34)44)56(52,53)54/h3-18,43-44H,1-2H3,(H,39,47)(H,40,48)(H,41,45)(H,42,46)(H,49,50,51)(H,52,53,54). The van der Waals surface area contributed by atoms with E-state index in [-0.39, 0.29) is 55.4 Å². The largest absolute Gasteiger partial charge is 0.506 e. The molecular weight excluding hydrogens is 769 g/mol. The summed E-state index contributed by atoms with van der Waals surface area (Å²) < 4.78 is 66.7. The van der Waals surface area contributed by atoms with E-state index in [1.165, 1.54) is 72.8 Å². The molecule has 0 saturated heterocycles. The lowest BCUT2D eigenvalue weighted by molar-refractivity contribution is -0.133. The number of phenols is 2. The van der Waals surface area contributed by atoms with Crippen molar-refractivity contribution in [1.82, 2.24) is 0 Å². The Morgan fingerprint density at radius 1 is 0.482 bits per heavy atom. The third-order valence-electron chi connectivity index (χ3n) is 8.68. The summed E-state index contributed by atoms with van der Waals surface area (Å²) in [7, 11) is -9.40. The fourth-order valence-corrected chi connectivity index (χ4v) is 7.40. The highest BCUT2D eigenvalue weighted by Crippen LogP contribution is 2.39. The number of benzene rings is 6. The second kappa shape index (κ2) is 14.8. The van der Waals surface area contributed by atoms with Crippen LogP contribution in [0.2, 0.25) is 0 Å². The van der Waals surface area contributed by atoms with Gasteiger partial charge in [0, 0.05) is 56.2 Å². The number of anilines is 4. The third-order valence-corrected chi connectivity index (χ3v) is 10.5. The molecule has 0 unspecified atom stereocenters. The zero-order chi connectivity index (χ0) is 40.7. The number of aromatic hydroxyl groups is 2. The number of carbonyl (C=O) groups excluding carboxylic acids is 4. The van der Waals surface area contributed by atoms with Gasteiger partial charge in [0.2, 0.25) is 0 Å². The predicted molar refractivity (Wildman–Crippen MR) is 206 cm³/mol. The van der Waals surface area contributed by atoms with Crippen LogP contribution in [0.15, 0.2) is 107 Å². The van der Waals surface area contributed by atoms with Gasteiger partial charge in [-0.3, -0.25) is 28.3 Å². The summed E-state index contributed by atoms with van der Waals surface area (Å²) in [4.78, 5) is 51.0. The molecule has 0 atom stereocenters. The van der Waals surface area contributed by atoms with E-state index in [4.69, 9.17) is 0 Å². The molecule has 0 radical (unpaired) electrons. The highest BCUT2D eigenvalue weighted by Gasteiger charge is 2.24. The Bertz CT molecular complexity index is 2700. The fraction of sp³-hybridized carbons (Fsp3) is 0.0526. The molecule has 286 valence electrons. The number of hydrogen-bond donors (Lipinski definition) is 8. The van der Waals surface area contributed by atoms with Crippen LogP contribution in [0.3, 0.4) is 0 Å². The van der Waals surface area contributed by atoms with Crippen molar-refractivity contribution < 1.29 is 55.3 Å². The molecule has 8 N–H and O–H groups in total. The first-order chi connectivity index (χ1) is 26.3. The number of rotatable bonds is 8. The molecule has 0 spiro atoms. The number of phenolic OH excluding ortho intramolecular Hbond substituents is 2. The number of amides is 4. The minimum Gasteiger partial charge on any atom is -0.506 e. The van der Waals surface area contributed by atoms with Crippen LogP contribution in [0.25, 0.3) is 21.5 Å². The average molecular weight is 799 g/mol. The van der Waals surface area contributed by atoms with Crippen LogP contribution in [0.4, 0.5) is 22.7 Å². The molecule has 0 fully saturated rings. The molecule has 0 bridgehead atoms. The van der Waals surface area contributed by atoms with Crippen LogP contribution in [0.1, 0.15) is 31.8 Å².